The standard InChI is InChI=1S/C14H17N3O4S/c1-15-22(18,19)11-4-5-14(16-9-11)17-6-8-21-13(10-17)12-3-2-7-20-12/h2-5,7,9,13,15H,6,8,10H2,1H3. The predicted molar refractivity (Wildman–Crippen MR) is 80.1 cm³/mol. The van der Waals surface area contributed by atoms with Crippen molar-refractivity contribution in [2.24, 2.45) is 0 Å². The van der Waals surface area contributed by atoms with Gasteiger partial charge in [0.15, 0.2) is 0 Å². The first-order valence-corrected chi connectivity index (χ1v) is 8.38. The fourth-order valence-electron chi connectivity index (χ4n) is 2.34. The summed E-state index contributed by atoms with van der Waals surface area (Å²) in [5, 5.41) is 0. The Hall–Kier alpha value is -1.90. The first kappa shape index (κ1) is 15.0. The van der Waals surface area contributed by atoms with E-state index in [0.29, 0.717) is 19.7 Å². The lowest BCUT2D eigenvalue weighted by molar-refractivity contribution is 0.0255. The van der Waals surface area contributed by atoms with Crippen LogP contribution in [-0.4, -0.2) is 40.1 Å². The lowest BCUT2D eigenvalue weighted by Crippen LogP contribution is -2.38. The van der Waals surface area contributed by atoms with Crippen LogP contribution in [0.3, 0.4) is 0 Å². The summed E-state index contributed by atoms with van der Waals surface area (Å²) in [6.45, 7) is 1.87. The molecule has 1 saturated heterocycles. The summed E-state index contributed by atoms with van der Waals surface area (Å²) < 4.78 is 36.7. The van der Waals surface area contributed by atoms with E-state index in [4.69, 9.17) is 9.15 Å². The van der Waals surface area contributed by atoms with Crippen molar-refractivity contribution in [2.75, 3.05) is 31.6 Å². The molecule has 2 aromatic rings. The molecule has 8 heteroatoms. The Morgan fingerprint density at radius 1 is 1.36 bits per heavy atom. The predicted octanol–water partition coefficient (Wildman–Crippen LogP) is 1.16. The molecule has 1 atom stereocenters. The van der Waals surface area contributed by atoms with Crippen molar-refractivity contribution in [2.45, 2.75) is 11.0 Å². The van der Waals surface area contributed by atoms with Crippen LogP contribution >= 0.6 is 0 Å². The highest BCUT2D eigenvalue weighted by Crippen LogP contribution is 2.25. The maximum absolute atomic E-state index is 11.7. The van der Waals surface area contributed by atoms with Gasteiger partial charge in [-0.1, -0.05) is 0 Å². The molecule has 0 radical (unpaired) electrons. The molecule has 1 unspecified atom stereocenters. The number of pyridine rings is 1. The Labute approximate surface area is 129 Å². The highest BCUT2D eigenvalue weighted by Gasteiger charge is 2.25. The fraction of sp³-hybridized carbons (Fsp3) is 0.357. The average molecular weight is 323 g/mol. The van der Waals surface area contributed by atoms with E-state index in [0.717, 1.165) is 11.6 Å². The largest absolute Gasteiger partial charge is 0.467 e. The number of anilines is 1. The SMILES string of the molecule is CNS(=O)(=O)c1ccc(N2CCOC(c3ccco3)C2)nc1. The van der Waals surface area contributed by atoms with Crippen molar-refractivity contribution in [3.05, 3.63) is 42.5 Å². The molecule has 7 nitrogen and oxygen atoms in total. The Balaban J connectivity index is 1.76. The van der Waals surface area contributed by atoms with Gasteiger partial charge in [0.2, 0.25) is 10.0 Å². The van der Waals surface area contributed by atoms with Crippen molar-refractivity contribution >= 4 is 15.8 Å². The first-order chi connectivity index (χ1) is 10.6. The van der Waals surface area contributed by atoms with Crippen LogP contribution < -0.4 is 9.62 Å². The van der Waals surface area contributed by atoms with Gasteiger partial charge in [-0.3, -0.25) is 0 Å². The van der Waals surface area contributed by atoms with Crippen LogP contribution in [0.15, 0.2) is 46.0 Å². The van der Waals surface area contributed by atoms with Gasteiger partial charge in [-0.15, -0.1) is 0 Å². The van der Waals surface area contributed by atoms with Crippen LogP contribution in [0.1, 0.15) is 11.9 Å². The number of nitrogens with one attached hydrogen (secondary N) is 1. The van der Waals surface area contributed by atoms with E-state index in [1.165, 1.54) is 13.2 Å². The molecule has 1 aliphatic rings. The van der Waals surface area contributed by atoms with Gasteiger partial charge in [-0.25, -0.2) is 18.1 Å². The molecular weight excluding hydrogens is 306 g/mol. The molecule has 0 amide bonds. The molecule has 0 spiro atoms. The number of sulfonamides is 1. The van der Waals surface area contributed by atoms with Crippen LogP contribution in [-0.2, 0) is 14.8 Å². The maximum atomic E-state index is 11.7. The smallest absolute Gasteiger partial charge is 0.241 e. The van der Waals surface area contributed by atoms with Gasteiger partial charge in [0, 0.05) is 12.7 Å². The van der Waals surface area contributed by atoms with Gasteiger partial charge in [0.05, 0.1) is 19.4 Å². The van der Waals surface area contributed by atoms with Crippen LogP contribution in [0.25, 0.3) is 0 Å². The Bertz CT molecular complexity index is 713. The molecule has 1 fully saturated rings. The highest BCUT2D eigenvalue weighted by molar-refractivity contribution is 7.89. The molecule has 118 valence electrons. The van der Waals surface area contributed by atoms with Crippen molar-refractivity contribution in [1.82, 2.24) is 9.71 Å². The van der Waals surface area contributed by atoms with E-state index in [1.807, 2.05) is 17.0 Å². The number of rotatable bonds is 4. The Morgan fingerprint density at radius 2 is 2.23 bits per heavy atom. The van der Waals surface area contributed by atoms with E-state index in [2.05, 4.69) is 9.71 Å². The number of ether oxygens (including phenoxy) is 1. The maximum Gasteiger partial charge on any atom is 0.241 e. The molecule has 3 rings (SSSR count). The summed E-state index contributed by atoms with van der Waals surface area (Å²) in [4.78, 5) is 6.45. The molecule has 0 aromatic carbocycles. The molecule has 3 heterocycles. The molecule has 1 aliphatic heterocycles. The second-order valence-corrected chi connectivity index (χ2v) is 6.77. The van der Waals surface area contributed by atoms with Gasteiger partial charge in [-0.05, 0) is 31.3 Å². The molecule has 1 N–H and O–H groups in total. The third-order valence-corrected chi connectivity index (χ3v) is 4.95. The number of nitrogens with zero attached hydrogens (tertiary/aromatic N) is 2. The number of morpholine rings is 1. The topological polar surface area (TPSA) is 84.7 Å². The summed E-state index contributed by atoms with van der Waals surface area (Å²) in [6, 6.07) is 6.96. The van der Waals surface area contributed by atoms with Gasteiger partial charge < -0.3 is 14.1 Å². The summed E-state index contributed by atoms with van der Waals surface area (Å²) >= 11 is 0. The fourth-order valence-corrected chi connectivity index (χ4v) is 3.01. The lowest BCUT2D eigenvalue weighted by atomic mass is 10.2. The minimum absolute atomic E-state index is 0.147. The lowest BCUT2D eigenvalue weighted by Gasteiger charge is -2.32. The summed E-state index contributed by atoms with van der Waals surface area (Å²) in [5.41, 5.74) is 0. The van der Waals surface area contributed by atoms with Gasteiger partial charge in [0.1, 0.15) is 22.6 Å². The Kier molecular flexibility index (Phi) is 4.14. The van der Waals surface area contributed by atoms with Crippen LogP contribution in [0, 0.1) is 0 Å². The summed E-state index contributed by atoms with van der Waals surface area (Å²) in [5.74, 6) is 1.49. The second-order valence-electron chi connectivity index (χ2n) is 4.88. The molecule has 0 aliphatic carbocycles. The van der Waals surface area contributed by atoms with Gasteiger partial charge >= 0.3 is 0 Å². The van der Waals surface area contributed by atoms with Crippen molar-refractivity contribution in [1.29, 1.82) is 0 Å². The molecule has 2 aromatic heterocycles. The van der Waals surface area contributed by atoms with E-state index in [9.17, 15) is 8.42 Å². The summed E-state index contributed by atoms with van der Waals surface area (Å²) in [7, 11) is -2.09. The van der Waals surface area contributed by atoms with Crippen molar-refractivity contribution in [3.8, 4) is 0 Å². The average Bonchev–Trinajstić information content (AvgIpc) is 3.10. The minimum Gasteiger partial charge on any atom is -0.467 e. The third kappa shape index (κ3) is 2.99. The number of aromatic nitrogens is 1. The Morgan fingerprint density at radius 3 is 2.86 bits per heavy atom. The number of hydrogen-bond donors (Lipinski definition) is 1. The normalized spacial score (nSPS) is 19.3. The van der Waals surface area contributed by atoms with Gasteiger partial charge in [0.25, 0.3) is 0 Å². The van der Waals surface area contributed by atoms with Crippen molar-refractivity contribution in [3.63, 3.8) is 0 Å². The second kappa shape index (κ2) is 6.07. The zero-order chi connectivity index (χ0) is 15.6. The molecule has 0 bridgehead atoms. The van der Waals surface area contributed by atoms with Crippen LogP contribution in [0.2, 0.25) is 0 Å². The molecule has 0 saturated carbocycles. The van der Waals surface area contributed by atoms with E-state index < -0.39 is 10.0 Å². The number of furan rings is 1. The summed E-state index contributed by atoms with van der Waals surface area (Å²) in [6.07, 6.45) is 2.83. The molecular formula is C14H17N3O4S. The first-order valence-electron chi connectivity index (χ1n) is 6.90. The zero-order valence-electron chi connectivity index (χ0n) is 12.1. The van der Waals surface area contributed by atoms with Gasteiger partial charge in [-0.2, -0.15) is 0 Å². The highest BCUT2D eigenvalue weighted by atomic mass is 32.2. The zero-order valence-corrected chi connectivity index (χ0v) is 12.9. The quantitative estimate of drug-likeness (QED) is 0.909. The van der Waals surface area contributed by atoms with Crippen molar-refractivity contribution < 1.29 is 17.6 Å². The van der Waals surface area contributed by atoms with E-state index in [1.54, 1.807) is 18.4 Å². The third-order valence-electron chi connectivity index (χ3n) is 3.55. The van der Waals surface area contributed by atoms with Crippen LogP contribution in [0.5, 0.6) is 0 Å². The van der Waals surface area contributed by atoms with Crippen LogP contribution in [0.4, 0.5) is 5.82 Å². The minimum atomic E-state index is -3.46. The number of hydrogen-bond acceptors (Lipinski definition) is 6. The van der Waals surface area contributed by atoms with E-state index in [-0.39, 0.29) is 11.0 Å². The monoisotopic (exact) mass is 323 g/mol. The molecule has 22 heavy (non-hydrogen) atoms. The van der Waals surface area contributed by atoms with E-state index >= 15 is 0 Å².